The zero-order chi connectivity index (χ0) is 15.5. The van der Waals surface area contributed by atoms with E-state index in [0.717, 1.165) is 0 Å². The second kappa shape index (κ2) is 4.23. The van der Waals surface area contributed by atoms with Gasteiger partial charge in [0, 0.05) is 5.56 Å². The Morgan fingerprint density at radius 3 is 2.95 bits per heavy atom. The van der Waals surface area contributed by atoms with Gasteiger partial charge in [-0.1, -0.05) is 0 Å². The zero-order valence-corrected chi connectivity index (χ0v) is 12.1. The third-order valence-corrected chi connectivity index (χ3v) is 5.43. The zero-order valence-electron chi connectivity index (χ0n) is 12.1. The van der Waals surface area contributed by atoms with Gasteiger partial charge in [0.25, 0.3) is 0 Å². The van der Waals surface area contributed by atoms with Crippen LogP contribution in [0.1, 0.15) is 24.8 Å². The van der Waals surface area contributed by atoms with Crippen LogP contribution in [0.15, 0.2) is 18.2 Å². The second-order valence-corrected chi connectivity index (χ2v) is 6.20. The fourth-order valence-corrected chi connectivity index (χ4v) is 4.32. The number of carbonyl (C=O) groups excluding carboxylic acids is 2. The Morgan fingerprint density at radius 1 is 1.36 bits per heavy atom. The van der Waals surface area contributed by atoms with Crippen molar-refractivity contribution < 1.29 is 28.9 Å². The van der Waals surface area contributed by atoms with Gasteiger partial charge >= 0.3 is 11.9 Å². The lowest BCUT2D eigenvalue weighted by molar-refractivity contribution is -0.151. The minimum absolute atomic E-state index is 0.0593. The monoisotopic (exact) mass is 304 g/mol. The number of carbonyl (C=O) groups is 2. The second-order valence-electron chi connectivity index (χ2n) is 6.20. The van der Waals surface area contributed by atoms with Crippen LogP contribution in [-0.2, 0) is 19.7 Å². The van der Waals surface area contributed by atoms with Crippen LogP contribution in [0, 0.1) is 5.41 Å². The van der Waals surface area contributed by atoms with E-state index in [4.69, 9.17) is 14.2 Å². The van der Waals surface area contributed by atoms with Crippen molar-refractivity contribution in [2.24, 2.45) is 5.41 Å². The molecule has 1 aliphatic carbocycles. The highest BCUT2D eigenvalue weighted by Crippen LogP contribution is 2.63. The van der Waals surface area contributed by atoms with Crippen LogP contribution in [0.5, 0.6) is 11.5 Å². The summed E-state index contributed by atoms with van der Waals surface area (Å²) in [6.45, 7) is 0.0593. The molecule has 0 aromatic heterocycles. The molecule has 0 unspecified atom stereocenters. The van der Waals surface area contributed by atoms with E-state index in [1.54, 1.807) is 18.2 Å². The first kappa shape index (κ1) is 13.6. The van der Waals surface area contributed by atoms with Crippen LogP contribution in [0.2, 0.25) is 0 Å². The molecule has 0 amide bonds. The van der Waals surface area contributed by atoms with Crippen molar-refractivity contribution in [2.45, 2.75) is 30.8 Å². The molecule has 2 aliphatic heterocycles. The number of aliphatic hydroxyl groups is 1. The van der Waals surface area contributed by atoms with Gasteiger partial charge in [-0.3, -0.25) is 9.59 Å². The highest BCUT2D eigenvalue weighted by Gasteiger charge is 2.72. The number of rotatable bonds is 1. The molecule has 1 N–H and O–H groups in total. The van der Waals surface area contributed by atoms with Gasteiger partial charge in [-0.05, 0) is 31.0 Å². The van der Waals surface area contributed by atoms with E-state index in [1.807, 2.05) is 0 Å². The van der Waals surface area contributed by atoms with Crippen LogP contribution in [0.25, 0.3) is 0 Å². The van der Waals surface area contributed by atoms with Crippen LogP contribution in [0.4, 0.5) is 0 Å². The highest BCUT2D eigenvalue weighted by atomic mass is 16.6. The average Bonchev–Trinajstić information content (AvgIpc) is 2.90. The number of aliphatic hydroxyl groups excluding tert-OH is 1. The first-order valence-electron chi connectivity index (χ1n) is 7.28. The first-order chi connectivity index (χ1) is 10.5. The van der Waals surface area contributed by atoms with Crippen molar-refractivity contribution in [1.82, 2.24) is 0 Å². The maximum atomic E-state index is 12.4. The standard InChI is InChI=1S/C16H16O6/c1-20-9-2-3-11-10(6-9)16-8-21-14(19)15(16,5-4-12(16)17)7-13(18)22-11/h2-3,6,12,17H,4-5,7-8H2,1H3/t12-,15+,16+/m0/s1. The van der Waals surface area contributed by atoms with Gasteiger partial charge in [0.2, 0.25) is 0 Å². The van der Waals surface area contributed by atoms with E-state index in [9.17, 15) is 14.7 Å². The van der Waals surface area contributed by atoms with Crippen LogP contribution < -0.4 is 9.47 Å². The van der Waals surface area contributed by atoms with E-state index < -0.39 is 28.9 Å². The molecule has 0 bridgehead atoms. The molecule has 22 heavy (non-hydrogen) atoms. The Kier molecular flexibility index (Phi) is 2.61. The summed E-state index contributed by atoms with van der Waals surface area (Å²) in [7, 11) is 1.54. The smallest absolute Gasteiger partial charge is 0.313 e. The quantitative estimate of drug-likeness (QED) is 0.614. The molecule has 0 radical (unpaired) electrons. The number of ether oxygens (including phenoxy) is 3. The summed E-state index contributed by atoms with van der Waals surface area (Å²) in [5.74, 6) is 0.0586. The van der Waals surface area contributed by atoms with Crippen LogP contribution in [0.3, 0.4) is 0 Å². The molecule has 2 heterocycles. The largest absolute Gasteiger partial charge is 0.497 e. The summed E-state index contributed by atoms with van der Waals surface area (Å²) in [4.78, 5) is 24.6. The summed E-state index contributed by atoms with van der Waals surface area (Å²) in [6.07, 6.45) is 0.0387. The lowest BCUT2D eigenvalue weighted by Crippen LogP contribution is -2.48. The summed E-state index contributed by atoms with van der Waals surface area (Å²) in [5, 5.41) is 10.7. The van der Waals surface area contributed by atoms with Crippen LogP contribution >= 0.6 is 0 Å². The van der Waals surface area contributed by atoms with E-state index in [-0.39, 0.29) is 13.0 Å². The SMILES string of the molecule is COc1ccc2c(c1)[C@@]13COC(=O)[C@@]1(CC[C@@H]3O)CC(=O)O2. The Labute approximate surface area is 127 Å². The van der Waals surface area contributed by atoms with Crippen molar-refractivity contribution in [1.29, 1.82) is 0 Å². The van der Waals surface area contributed by atoms with Crippen molar-refractivity contribution >= 4 is 11.9 Å². The highest BCUT2D eigenvalue weighted by molar-refractivity contribution is 5.90. The van der Waals surface area contributed by atoms with Gasteiger partial charge in [0.1, 0.15) is 18.1 Å². The Bertz CT molecular complexity index is 683. The van der Waals surface area contributed by atoms with Crippen molar-refractivity contribution in [3.8, 4) is 11.5 Å². The predicted octanol–water partition coefficient (Wildman–Crippen LogP) is 0.940. The molecule has 0 spiro atoms. The van der Waals surface area contributed by atoms with E-state index >= 15 is 0 Å². The maximum Gasteiger partial charge on any atom is 0.313 e. The maximum absolute atomic E-state index is 12.4. The van der Waals surface area contributed by atoms with Gasteiger partial charge < -0.3 is 19.3 Å². The molecule has 2 fully saturated rings. The molecule has 4 rings (SSSR count). The fraction of sp³-hybridized carbons (Fsp3) is 0.500. The Hall–Kier alpha value is -2.08. The molecule has 1 aromatic rings. The molecule has 1 aromatic carbocycles. The molecule has 6 heteroatoms. The van der Waals surface area contributed by atoms with Crippen LogP contribution in [-0.4, -0.2) is 36.9 Å². The molecule has 1 saturated carbocycles. The number of cyclic esters (lactones) is 1. The molecule has 3 aliphatic rings. The minimum Gasteiger partial charge on any atom is -0.497 e. The predicted molar refractivity (Wildman–Crippen MR) is 73.6 cm³/mol. The van der Waals surface area contributed by atoms with E-state index in [1.165, 1.54) is 7.11 Å². The number of benzene rings is 1. The lowest BCUT2D eigenvalue weighted by Gasteiger charge is -2.36. The van der Waals surface area contributed by atoms with E-state index in [0.29, 0.717) is 29.9 Å². The third-order valence-electron chi connectivity index (χ3n) is 5.43. The summed E-state index contributed by atoms with van der Waals surface area (Å²) < 4.78 is 16.0. The number of methoxy groups -OCH3 is 1. The van der Waals surface area contributed by atoms with Gasteiger partial charge in [-0.25, -0.2) is 0 Å². The topological polar surface area (TPSA) is 82.1 Å². The lowest BCUT2D eigenvalue weighted by atomic mass is 9.61. The first-order valence-corrected chi connectivity index (χ1v) is 7.28. The molecular formula is C16H16O6. The van der Waals surface area contributed by atoms with Crippen molar-refractivity contribution in [3.05, 3.63) is 23.8 Å². The summed E-state index contributed by atoms with van der Waals surface area (Å²) in [6, 6.07) is 5.07. The minimum atomic E-state index is -1.04. The summed E-state index contributed by atoms with van der Waals surface area (Å²) >= 11 is 0. The summed E-state index contributed by atoms with van der Waals surface area (Å²) in [5.41, 5.74) is -1.37. The molecule has 3 atom stereocenters. The average molecular weight is 304 g/mol. The molecule has 116 valence electrons. The molecular weight excluding hydrogens is 288 g/mol. The number of hydrogen-bond acceptors (Lipinski definition) is 6. The Morgan fingerprint density at radius 2 is 2.18 bits per heavy atom. The normalized spacial score (nSPS) is 35.8. The van der Waals surface area contributed by atoms with Gasteiger partial charge in [0.05, 0.1) is 30.5 Å². The van der Waals surface area contributed by atoms with Gasteiger partial charge in [-0.2, -0.15) is 0 Å². The molecule has 1 saturated heterocycles. The number of fused-ring (bicyclic) bond motifs is 1. The van der Waals surface area contributed by atoms with Crippen molar-refractivity contribution in [2.75, 3.05) is 13.7 Å². The van der Waals surface area contributed by atoms with Crippen molar-refractivity contribution in [3.63, 3.8) is 0 Å². The molecule has 6 nitrogen and oxygen atoms in total. The number of esters is 2. The fourth-order valence-electron chi connectivity index (χ4n) is 4.32. The van der Waals surface area contributed by atoms with Gasteiger partial charge in [-0.15, -0.1) is 0 Å². The Balaban J connectivity index is 2.03. The van der Waals surface area contributed by atoms with Gasteiger partial charge in [0.15, 0.2) is 0 Å². The van der Waals surface area contributed by atoms with E-state index in [2.05, 4.69) is 0 Å². The number of hydrogen-bond donors (Lipinski definition) is 1. The third kappa shape index (κ3) is 1.38.